The first-order valence-electron chi connectivity index (χ1n) is 28.2. The maximum Gasteiger partial charge on any atom is 0.409 e. The molecule has 3 aromatic carbocycles. The van der Waals surface area contributed by atoms with Crippen LogP contribution in [0.5, 0.6) is 11.8 Å². The molecule has 0 bridgehead atoms. The smallest absolute Gasteiger partial charge is 0.409 e. The molecule has 6 saturated heterocycles. The van der Waals surface area contributed by atoms with Crippen molar-refractivity contribution in [1.29, 1.82) is 0 Å². The Balaban J connectivity index is 0.664. The van der Waals surface area contributed by atoms with Crippen LogP contribution in [-0.2, 0) is 27.8 Å². The first-order chi connectivity index (χ1) is 38.1. The maximum absolute atomic E-state index is 17.3. The third kappa shape index (κ3) is 9.89. The number of nitrogens with zero attached hydrogens (tertiary/aromatic N) is 10. The number of anilines is 2. The fourth-order valence-corrected chi connectivity index (χ4v) is 13.8. The van der Waals surface area contributed by atoms with Crippen molar-refractivity contribution < 1.29 is 42.9 Å². The lowest BCUT2D eigenvalue weighted by molar-refractivity contribution is -0.135. The van der Waals surface area contributed by atoms with Crippen LogP contribution in [-0.4, -0.2) is 163 Å². The molecule has 6 aliphatic rings. The highest BCUT2D eigenvalue weighted by Gasteiger charge is 2.50. The number of imidazole rings is 1. The Labute approximate surface area is 456 Å². The Morgan fingerprint density at radius 2 is 1.68 bits per heavy atom. The Morgan fingerprint density at radius 3 is 2.46 bits per heavy atom. The van der Waals surface area contributed by atoms with Crippen molar-refractivity contribution in [3.8, 4) is 23.0 Å². The number of nitrogens with one attached hydrogen (secondary N) is 1. The second-order valence-corrected chi connectivity index (χ2v) is 23.2. The lowest BCUT2D eigenvalue weighted by Crippen LogP contribution is -2.51. The first-order valence-corrected chi connectivity index (χ1v) is 28.2. The monoisotopic (exact) mass is 1090 g/mol. The molecule has 0 aliphatic carbocycles. The number of aromatic nitrogens is 5. The number of pyridine rings is 1. The highest BCUT2D eigenvalue weighted by molar-refractivity contribution is 6.02. The number of halogens is 2. The van der Waals surface area contributed by atoms with E-state index in [0.29, 0.717) is 84.3 Å². The molecule has 0 saturated carbocycles. The summed E-state index contributed by atoms with van der Waals surface area (Å²) in [6.45, 7) is 11.1. The fourth-order valence-electron chi connectivity index (χ4n) is 13.8. The average Bonchev–Trinajstić information content (AvgIpc) is 4.32. The number of phenolic OH excluding ortho intramolecular Hbond substituents is 1. The Hall–Kier alpha value is -6.97. The van der Waals surface area contributed by atoms with Crippen LogP contribution in [0.1, 0.15) is 89.7 Å². The van der Waals surface area contributed by atoms with Gasteiger partial charge in [-0.1, -0.05) is 13.0 Å². The number of fused-ring (bicyclic) bond motifs is 4. The third-order valence-electron chi connectivity index (χ3n) is 18.0. The van der Waals surface area contributed by atoms with E-state index in [1.54, 1.807) is 24.6 Å². The fraction of sp³-hybridized carbons (Fsp3) is 0.534. The minimum absolute atomic E-state index is 0.000334. The predicted molar refractivity (Wildman–Crippen MR) is 293 cm³/mol. The van der Waals surface area contributed by atoms with E-state index in [9.17, 15) is 29.4 Å². The molecule has 19 nitrogen and oxygen atoms in total. The van der Waals surface area contributed by atoms with Crippen LogP contribution in [0.2, 0.25) is 0 Å². The Bertz CT molecular complexity index is 3440. The molecule has 3 N–H and O–H groups in total. The van der Waals surface area contributed by atoms with Crippen LogP contribution in [0.25, 0.3) is 44.0 Å². The van der Waals surface area contributed by atoms with Crippen LogP contribution in [0, 0.1) is 17.6 Å². The number of piperazine rings is 1. The number of aliphatic hydroxyl groups is 1. The van der Waals surface area contributed by atoms with Crippen molar-refractivity contribution in [2.24, 2.45) is 13.0 Å². The number of benzene rings is 3. The van der Waals surface area contributed by atoms with Gasteiger partial charge in [-0.25, -0.2) is 18.4 Å². The zero-order chi connectivity index (χ0) is 54.9. The standard InChI is InChI=1S/C58H69F2N11O8/c1-4-40-43(59)9-7-36-27-39(72)29-41(48(36)40)50-49(60)51-42(30-61-50)52(69-19-5-16-57(2,77)33-69)64-54(63-51)79-34-58-17-6-20-70(58)38(13-18-58)32-78-56(76)68-25-23-66(24-26-68)31-35-14-21-67(22-15-35)37-8-10-44-46(28-37)65(3)55(75)71(44)45-11-12-47(73)62-53(45)74/h7-10,27-30,35,38,45,72,77H,4-6,11-26,31-34H2,1-3H3,(H,62,73,74)/t38?,45?,57-,58?/m1/s1. The van der Waals surface area contributed by atoms with Gasteiger partial charge in [0.2, 0.25) is 11.8 Å². The van der Waals surface area contributed by atoms with Gasteiger partial charge in [0.1, 0.15) is 47.9 Å². The average molecular weight is 1090 g/mol. The van der Waals surface area contributed by atoms with Gasteiger partial charge < -0.3 is 34.4 Å². The second kappa shape index (κ2) is 20.9. The molecular formula is C58H69F2N11O8. The van der Waals surface area contributed by atoms with Gasteiger partial charge in [0.15, 0.2) is 5.82 Å². The summed E-state index contributed by atoms with van der Waals surface area (Å²) in [5.74, 6) is -1.17. The molecule has 3 unspecified atom stereocenters. The summed E-state index contributed by atoms with van der Waals surface area (Å²) >= 11 is 0. The van der Waals surface area contributed by atoms with Crippen molar-refractivity contribution in [2.75, 3.05) is 88.5 Å². The number of hydrogen-bond acceptors (Lipinski definition) is 15. The summed E-state index contributed by atoms with van der Waals surface area (Å²) < 4.78 is 48.2. The van der Waals surface area contributed by atoms with Gasteiger partial charge >= 0.3 is 17.8 Å². The number of phenols is 1. The number of aromatic hydroxyl groups is 1. The van der Waals surface area contributed by atoms with E-state index in [0.717, 1.165) is 89.0 Å². The number of β-amino-alcohol motifs (C(OH)–C–C–N with tert-alkyl or cyclic N) is 1. The summed E-state index contributed by atoms with van der Waals surface area (Å²) in [6.07, 6.45) is 8.76. The van der Waals surface area contributed by atoms with Crippen molar-refractivity contribution in [1.82, 2.24) is 44.1 Å². The molecule has 21 heteroatoms. The highest BCUT2D eigenvalue weighted by atomic mass is 19.1. The minimum Gasteiger partial charge on any atom is -0.508 e. The van der Waals surface area contributed by atoms with Crippen LogP contribution in [0.15, 0.2) is 53.5 Å². The quantitative estimate of drug-likeness (QED) is 0.113. The lowest BCUT2D eigenvalue weighted by Gasteiger charge is -2.39. The summed E-state index contributed by atoms with van der Waals surface area (Å²) in [5.41, 5.74) is 1.31. The number of rotatable bonds is 12. The van der Waals surface area contributed by atoms with Crippen LogP contribution in [0.3, 0.4) is 0 Å². The molecule has 0 radical (unpaired) electrons. The molecular weight excluding hydrogens is 1020 g/mol. The molecule has 6 aliphatic heterocycles. The van der Waals surface area contributed by atoms with Crippen LogP contribution in [0.4, 0.5) is 25.1 Å². The Kier molecular flexibility index (Phi) is 14.0. The van der Waals surface area contributed by atoms with Crippen molar-refractivity contribution >= 4 is 62.1 Å². The highest BCUT2D eigenvalue weighted by Crippen LogP contribution is 2.44. The number of piperidine rings is 3. The number of carbonyl (C=O) groups excluding carboxylic acids is 3. The zero-order valence-electron chi connectivity index (χ0n) is 45.2. The van der Waals surface area contributed by atoms with E-state index < -0.39 is 29.2 Å². The molecule has 6 fully saturated rings. The molecule has 418 valence electrons. The van der Waals surface area contributed by atoms with Gasteiger partial charge in [-0.3, -0.25) is 38.8 Å². The second-order valence-electron chi connectivity index (χ2n) is 23.2. The molecule has 9 heterocycles. The lowest BCUT2D eigenvalue weighted by atomic mass is 9.94. The molecule has 3 amide bonds. The summed E-state index contributed by atoms with van der Waals surface area (Å²) in [4.78, 5) is 76.5. The summed E-state index contributed by atoms with van der Waals surface area (Å²) in [5, 5.41) is 25.7. The van der Waals surface area contributed by atoms with Crippen LogP contribution >= 0.6 is 0 Å². The number of carbonyl (C=O) groups is 3. The number of aryl methyl sites for hydroxylation is 2. The molecule has 0 spiro atoms. The van der Waals surface area contributed by atoms with Crippen molar-refractivity contribution in [3.63, 3.8) is 0 Å². The summed E-state index contributed by atoms with van der Waals surface area (Å²) in [6, 6.07) is 11.1. The van der Waals surface area contributed by atoms with Crippen molar-refractivity contribution in [2.45, 2.75) is 108 Å². The van der Waals surface area contributed by atoms with Gasteiger partial charge in [-0.2, -0.15) is 9.97 Å². The van der Waals surface area contributed by atoms with E-state index in [1.807, 2.05) is 34.9 Å². The van der Waals surface area contributed by atoms with Gasteiger partial charge in [0, 0.05) is 95.9 Å². The number of hydrogen-bond donors (Lipinski definition) is 3. The molecule has 12 rings (SSSR count). The third-order valence-corrected chi connectivity index (χ3v) is 18.0. The normalized spacial score (nSPS) is 24.5. The molecule has 3 aromatic heterocycles. The predicted octanol–water partition coefficient (Wildman–Crippen LogP) is 6.42. The van der Waals surface area contributed by atoms with Gasteiger partial charge in [-0.05, 0) is 136 Å². The number of imide groups is 1. The zero-order valence-corrected chi connectivity index (χ0v) is 45.2. The Morgan fingerprint density at radius 1 is 0.886 bits per heavy atom. The van der Waals surface area contributed by atoms with E-state index in [2.05, 4.69) is 25.0 Å². The van der Waals surface area contributed by atoms with Gasteiger partial charge in [0.25, 0.3) is 0 Å². The molecule has 6 aromatic rings. The molecule has 79 heavy (non-hydrogen) atoms. The van der Waals surface area contributed by atoms with Gasteiger partial charge in [-0.15, -0.1) is 0 Å². The van der Waals surface area contributed by atoms with Gasteiger partial charge in [0.05, 0.1) is 27.6 Å². The van der Waals surface area contributed by atoms with E-state index >= 15 is 8.78 Å². The largest absolute Gasteiger partial charge is 0.508 e. The minimum atomic E-state index is -1.00. The van der Waals surface area contributed by atoms with Crippen molar-refractivity contribution in [3.05, 3.63) is 76.3 Å². The van der Waals surface area contributed by atoms with E-state index in [4.69, 9.17) is 19.4 Å². The summed E-state index contributed by atoms with van der Waals surface area (Å²) in [7, 11) is 1.72. The van der Waals surface area contributed by atoms with Crippen LogP contribution < -0.4 is 25.5 Å². The number of amides is 3. The maximum atomic E-state index is 17.3. The topological polar surface area (TPSA) is 204 Å². The van der Waals surface area contributed by atoms with E-state index in [1.165, 1.54) is 29.0 Å². The number of ether oxygens (including phenoxy) is 2. The SMILES string of the molecule is CCc1c(F)ccc2cc(O)cc(-c3ncc4c(N5CCC[C@@](C)(O)C5)nc(OCC56CCCN5C(COC(=O)N5CCN(CC7CCN(c8ccc9c(c8)n(C)c(=O)n9C8CCC(=O)NC8=O)CC7)CC5)CC6)nc4c3F)c12. The first kappa shape index (κ1) is 52.7. The van der Waals surface area contributed by atoms with E-state index in [-0.39, 0.29) is 84.0 Å². The molecule has 4 atom stereocenters.